The number of anilines is 1. The second-order valence-corrected chi connectivity index (χ2v) is 9.53. The maximum absolute atomic E-state index is 12.9. The van der Waals surface area contributed by atoms with E-state index in [1.807, 2.05) is 13.8 Å². The number of imide groups is 1. The van der Waals surface area contributed by atoms with Crippen molar-refractivity contribution in [3.8, 4) is 17.2 Å². The highest BCUT2D eigenvalue weighted by Gasteiger charge is 2.36. The maximum Gasteiger partial charge on any atom is 0.294 e. The average molecular weight is 584 g/mol. The molecule has 3 amide bonds. The lowest BCUT2D eigenvalue weighted by molar-refractivity contribution is -0.127. The average Bonchev–Trinajstić information content (AvgIpc) is 3.06. The summed E-state index contributed by atoms with van der Waals surface area (Å²) in [7, 11) is 1.48. The second-order valence-electron chi connectivity index (χ2n) is 7.28. The van der Waals surface area contributed by atoms with Gasteiger partial charge in [-0.15, -0.1) is 0 Å². The van der Waals surface area contributed by atoms with E-state index in [4.69, 9.17) is 25.8 Å². The zero-order chi connectivity index (χ0) is 25.5. The first-order valence-corrected chi connectivity index (χ1v) is 12.7. The van der Waals surface area contributed by atoms with Gasteiger partial charge in [0.15, 0.2) is 11.5 Å². The van der Waals surface area contributed by atoms with Crippen molar-refractivity contribution in [2.45, 2.75) is 20.3 Å². The Morgan fingerprint density at radius 2 is 1.94 bits per heavy atom. The van der Waals surface area contributed by atoms with E-state index < -0.39 is 23.6 Å². The Morgan fingerprint density at radius 1 is 1.17 bits per heavy atom. The van der Waals surface area contributed by atoms with Crippen LogP contribution >= 0.6 is 39.3 Å². The molecule has 0 aromatic heterocycles. The SMILES string of the molecule is CCCOc1c(Br)cc(/C=C2\SC(=O)N(CC(=O)Nc3ccc(OC)c(Cl)c3)C2=O)cc1OCC. The molecule has 0 aliphatic carbocycles. The van der Waals surface area contributed by atoms with Gasteiger partial charge in [0, 0.05) is 5.69 Å². The zero-order valence-electron chi connectivity index (χ0n) is 19.4. The van der Waals surface area contributed by atoms with Gasteiger partial charge >= 0.3 is 0 Å². The Hall–Kier alpha value is -2.69. The molecule has 0 radical (unpaired) electrons. The van der Waals surface area contributed by atoms with E-state index in [-0.39, 0.29) is 4.91 Å². The number of methoxy groups -OCH3 is 1. The summed E-state index contributed by atoms with van der Waals surface area (Å²) in [4.78, 5) is 38.9. The zero-order valence-corrected chi connectivity index (χ0v) is 22.5. The van der Waals surface area contributed by atoms with Crippen LogP contribution < -0.4 is 19.5 Å². The summed E-state index contributed by atoms with van der Waals surface area (Å²) in [6.45, 7) is 4.40. The van der Waals surface area contributed by atoms with Crippen molar-refractivity contribution in [1.82, 2.24) is 4.90 Å². The van der Waals surface area contributed by atoms with E-state index in [0.717, 1.165) is 23.1 Å². The topological polar surface area (TPSA) is 94.2 Å². The van der Waals surface area contributed by atoms with Crippen molar-refractivity contribution in [3.05, 3.63) is 50.3 Å². The van der Waals surface area contributed by atoms with Gasteiger partial charge in [-0.25, -0.2) is 0 Å². The van der Waals surface area contributed by atoms with Crippen LogP contribution in [0.4, 0.5) is 10.5 Å². The Labute approximate surface area is 221 Å². The molecule has 1 aliphatic rings. The Balaban J connectivity index is 1.74. The molecule has 186 valence electrons. The van der Waals surface area contributed by atoms with Crippen LogP contribution in [0.1, 0.15) is 25.8 Å². The Morgan fingerprint density at radius 3 is 2.60 bits per heavy atom. The first-order chi connectivity index (χ1) is 16.8. The summed E-state index contributed by atoms with van der Waals surface area (Å²) in [6, 6.07) is 8.26. The van der Waals surface area contributed by atoms with Gasteiger partial charge in [0.25, 0.3) is 11.1 Å². The van der Waals surface area contributed by atoms with E-state index in [9.17, 15) is 14.4 Å². The van der Waals surface area contributed by atoms with Gasteiger partial charge in [-0.2, -0.15) is 0 Å². The Bertz CT molecular complexity index is 1170. The van der Waals surface area contributed by atoms with Crippen LogP contribution in [0.2, 0.25) is 5.02 Å². The first-order valence-electron chi connectivity index (χ1n) is 10.7. The number of amides is 3. The quantitative estimate of drug-likeness (QED) is 0.344. The molecular formula is C24H24BrClN2O6S. The Kier molecular flexibility index (Phi) is 9.47. The van der Waals surface area contributed by atoms with Gasteiger partial charge in [0.1, 0.15) is 12.3 Å². The molecule has 1 fully saturated rings. The molecule has 0 atom stereocenters. The van der Waals surface area contributed by atoms with Crippen molar-refractivity contribution >= 4 is 68.1 Å². The smallest absolute Gasteiger partial charge is 0.294 e. The van der Waals surface area contributed by atoms with Crippen molar-refractivity contribution in [1.29, 1.82) is 0 Å². The number of hydrogen-bond acceptors (Lipinski definition) is 7. The summed E-state index contributed by atoms with van der Waals surface area (Å²) in [5, 5.41) is 2.42. The number of hydrogen-bond donors (Lipinski definition) is 1. The summed E-state index contributed by atoms with van der Waals surface area (Å²) < 4.78 is 17.2. The third-order valence-electron chi connectivity index (χ3n) is 4.69. The molecule has 1 saturated heterocycles. The molecule has 35 heavy (non-hydrogen) atoms. The van der Waals surface area contributed by atoms with Crippen LogP contribution in [0, 0.1) is 0 Å². The van der Waals surface area contributed by atoms with Crippen LogP contribution in [-0.4, -0.2) is 48.8 Å². The minimum atomic E-state index is -0.552. The number of benzene rings is 2. The van der Waals surface area contributed by atoms with Crippen molar-refractivity contribution in [3.63, 3.8) is 0 Å². The van der Waals surface area contributed by atoms with Gasteiger partial charge < -0.3 is 19.5 Å². The predicted molar refractivity (Wildman–Crippen MR) is 140 cm³/mol. The minimum absolute atomic E-state index is 0.201. The lowest BCUT2D eigenvalue weighted by Crippen LogP contribution is -2.36. The molecular weight excluding hydrogens is 560 g/mol. The fourth-order valence-electron chi connectivity index (χ4n) is 3.15. The highest BCUT2D eigenvalue weighted by molar-refractivity contribution is 9.10. The third kappa shape index (κ3) is 6.71. The number of thioether (sulfide) groups is 1. The van der Waals surface area contributed by atoms with E-state index >= 15 is 0 Å². The molecule has 1 N–H and O–H groups in total. The van der Waals surface area contributed by atoms with E-state index in [0.29, 0.717) is 51.2 Å². The predicted octanol–water partition coefficient (Wildman–Crippen LogP) is 5.97. The molecule has 8 nitrogen and oxygen atoms in total. The van der Waals surface area contributed by atoms with Gasteiger partial charge in [-0.05, 0) is 83.0 Å². The number of nitrogens with one attached hydrogen (secondary N) is 1. The number of carbonyl (C=O) groups is 3. The maximum atomic E-state index is 12.9. The summed E-state index contributed by atoms with van der Waals surface area (Å²) in [5.74, 6) is 0.481. The number of carbonyl (C=O) groups excluding carboxylic acids is 3. The highest BCUT2D eigenvalue weighted by Crippen LogP contribution is 2.39. The number of ether oxygens (including phenoxy) is 3. The van der Waals surface area contributed by atoms with Crippen molar-refractivity contribution in [2.24, 2.45) is 0 Å². The largest absolute Gasteiger partial charge is 0.495 e. The minimum Gasteiger partial charge on any atom is -0.495 e. The van der Waals surface area contributed by atoms with Crippen LogP contribution in [-0.2, 0) is 9.59 Å². The van der Waals surface area contributed by atoms with Crippen LogP contribution in [0.15, 0.2) is 39.7 Å². The van der Waals surface area contributed by atoms with Gasteiger partial charge in [-0.1, -0.05) is 18.5 Å². The molecule has 0 saturated carbocycles. The van der Waals surface area contributed by atoms with Gasteiger partial charge in [0.05, 0.1) is 34.7 Å². The monoisotopic (exact) mass is 582 g/mol. The molecule has 3 rings (SSSR count). The molecule has 1 heterocycles. The summed E-state index contributed by atoms with van der Waals surface area (Å²) >= 11 is 10.3. The third-order valence-corrected chi connectivity index (χ3v) is 6.48. The first kappa shape index (κ1) is 26.9. The molecule has 1 aliphatic heterocycles. The summed E-state index contributed by atoms with van der Waals surface area (Å²) in [5.41, 5.74) is 1.06. The van der Waals surface area contributed by atoms with Crippen LogP contribution in [0.25, 0.3) is 6.08 Å². The standard InChI is InChI=1S/C24H24BrClN2O6S/c1-4-8-34-22-16(25)9-14(10-19(22)33-5-2)11-20-23(30)28(24(31)35-20)13-21(29)27-15-6-7-18(32-3)17(26)12-15/h6-7,9-12H,4-5,8,13H2,1-3H3,(H,27,29)/b20-11-. The van der Waals surface area contributed by atoms with Gasteiger partial charge in [0.2, 0.25) is 5.91 Å². The van der Waals surface area contributed by atoms with Crippen LogP contribution in [0.5, 0.6) is 17.2 Å². The lowest BCUT2D eigenvalue weighted by Gasteiger charge is -2.14. The van der Waals surface area contributed by atoms with Crippen LogP contribution in [0.3, 0.4) is 0 Å². The van der Waals surface area contributed by atoms with Gasteiger partial charge in [-0.3, -0.25) is 19.3 Å². The molecule has 2 aromatic rings. The molecule has 0 unspecified atom stereocenters. The summed E-state index contributed by atoms with van der Waals surface area (Å²) in [6.07, 6.45) is 2.43. The molecule has 11 heteroatoms. The number of halogens is 2. The second kappa shape index (κ2) is 12.3. The van der Waals surface area contributed by atoms with E-state index in [2.05, 4.69) is 21.2 Å². The fourth-order valence-corrected chi connectivity index (χ4v) is 4.82. The van der Waals surface area contributed by atoms with E-state index in [1.54, 1.807) is 30.3 Å². The number of nitrogens with zero attached hydrogens (tertiary/aromatic N) is 1. The lowest BCUT2D eigenvalue weighted by atomic mass is 10.2. The highest BCUT2D eigenvalue weighted by atomic mass is 79.9. The van der Waals surface area contributed by atoms with Crippen molar-refractivity contribution < 1.29 is 28.6 Å². The fraction of sp³-hybridized carbons (Fsp3) is 0.292. The number of rotatable bonds is 10. The van der Waals surface area contributed by atoms with Crippen molar-refractivity contribution in [2.75, 3.05) is 32.2 Å². The molecule has 0 spiro atoms. The normalized spacial score (nSPS) is 14.4. The van der Waals surface area contributed by atoms with E-state index in [1.165, 1.54) is 13.2 Å². The molecule has 0 bridgehead atoms. The molecule has 2 aromatic carbocycles.